The molecule has 0 saturated heterocycles. The second kappa shape index (κ2) is 6.05. The van der Waals surface area contributed by atoms with E-state index in [9.17, 15) is 14.9 Å². The lowest BCUT2D eigenvalue weighted by molar-refractivity contribution is -0.388. The van der Waals surface area contributed by atoms with Gasteiger partial charge >= 0.3 is 11.7 Å². The molecular weight excluding hydrogens is 270 g/mol. The smallest absolute Gasteiger partial charge is 0.323 e. The summed E-state index contributed by atoms with van der Waals surface area (Å²) < 4.78 is 1.39. The maximum Gasteiger partial charge on any atom is 0.323 e. The van der Waals surface area contributed by atoms with E-state index >= 15 is 0 Å². The van der Waals surface area contributed by atoms with Crippen LogP contribution in [0.2, 0.25) is 0 Å². The number of nitrogens with zero attached hydrogens (tertiary/aromatic N) is 3. The van der Waals surface area contributed by atoms with Gasteiger partial charge in [0.05, 0.1) is 4.92 Å². The van der Waals surface area contributed by atoms with Crippen LogP contribution in [-0.2, 0) is 18.3 Å². The average Bonchev–Trinajstić information content (AvgIpc) is 2.61. The first-order chi connectivity index (χ1) is 8.79. The van der Waals surface area contributed by atoms with Gasteiger partial charge in [0.15, 0.2) is 5.03 Å². The van der Waals surface area contributed by atoms with Gasteiger partial charge in [0, 0.05) is 7.05 Å². The van der Waals surface area contributed by atoms with Gasteiger partial charge in [0.2, 0.25) is 0 Å². The molecule has 0 saturated carbocycles. The Hall–Kier alpha value is -1.57. The van der Waals surface area contributed by atoms with Crippen molar-refractivity contribution in [1.29, 1.82) is 0 Å². The summed E-state index contributed by atoms with van der Waals surface area (Å²) in [5.74, 6) is -1.12. The van der Waals surface area contributed by atoms with Crippen molar-refractivity contribution in [2.75, 3.05) is 0 Å². The van der Waals surface area contributed by atoms with E-state index < -0.39 is 16.1 Å². The number of thioether (sulfide) groups is 1. The number of hydrogen-bond acceptors (Lipinski definition) is 5. The average molecular weight is 287 g/mol. The number of carbonyl (C=O) groups is 1. The SMILES string of the molecule is CCc1nn(C)c(SC(C(=O)O)C(C)C)c1[N+](=O)[O-]. The number of carboxylic acid groups (broad SMARTS) is 1. The van der Waals surface area contributed by atoms with E-state index in [2.05, 4.69) is 5.10 Å². The van der Waals surface area contributed by atoms with Crippen molar-refractivity contribution in [1.82, 2.24) is 9.78 Å². The van der Waals surface area contributed by atoms with Gasteiger partial charge in [-0.25, -0.2) is 0 Å². The number of hydrogen-bond donors (Lipinski definition) is 1. The Morgan fingerprint density at radius 1 is 1.58 bits per heavy atom. The number of aryl methyl sites for hydroxylation is 2. The molecular formula is C11H17N3O4S. The Kier molecular flexibility index (Phi) is 4.93. The quantitative estimate of drug-likeness (QED) is 0.488. The fourth-order valence-corrected chi connectivity index (χ4v) is 2.81. The fourth-order valence-electron chi connectivity index (χ4n) is 1.70. The minimum absolute atomic E-state index is 0.0816. The van der Waals surface area contributed by atoms with Crippen LogP contribution >= 0.6 is 11.8 Å². The second-order valence-corrected chi connectivity index (χ2v) is 5.59. The van der Waals surface area contributed by atoms with Crippen LogP contribution in [0, 0.1) is 16.0 Å². The summed E-state index contributed by atoms with van der Waals surface area (Å²) in [7, 11) is 1.59. The highest BCUT2D eigenvalue weighted by Crippen LogP contribution is 2.36. The highest BCUT2D eigenvalue weighted by Gasteiger charge is 2.32. The van der Waals surface area contributed by atoms with E-state index in [0.29, 0.717) is 17.1 Å². The van der Waals surface area contributed by atoms with Crippen LogP contribution < -0.4 is 0 Å². The fraction of sp³-hybridized carbons (Fsp3) is 0.636. The second-order valence-electron chi connectivity index (χ2n) is 4.46. The first-order valence-corrected chi connectivity index (χ1v) is 6.77. The molecule has 1 atom stereocenters. The first-order valence-electron chi connectivity index (χ1n) is 5.89. The van der Waals surface area contributed by atoms with Crippen LogP contribution in [0.5, 0.6) is 0 Å². The number of carboxylic acids is 1. The van der Waals surface area contributed by atoms with E-state index in [0.717, 1.165) is 11.8 Å². The zero-order chi connectivity index (χ0) is 14.7. The standard InChI is InChI=1S/C11H17N3O4S/c1-5-7-8(14(17)18)10(13(4)12-7)19-9(6(2)3)11(15)16/h6,9H,5H2,1-4H3,(H,15,16). The van der Waals surface area contributed by atoms with Gasteiger partial charge in [-0.3, -0.25) is 19.6 Å². The van der Waals surface area contributed by atoms with Gasteiger partial charge in [-0.2, -0.15) is 5.10 Å². The number of aromatic nitrogens is 2. The van der Waals surface area contributed by atoms with E-state index in [4.69, 9.17) is 5.11 Å². The van der Waals surface area contributed by atoms with Crippen LogP contribution in [0.25, 0.3) is 0 Å². The molecule has 0 bridgehead atoms. The van der Waals surface area contributed by atoms with E-state index in [-0.39, 0.29) is 11.6 Å². The summed E-state index contributed by atoms with van der Waals surface area (Å²) in [5.41, 5.74) is 0.296. The molecule has 0 spiro atoms. The third-order valence-electron chi connectivity index (χ3n) is 2.65. The summed E-state index contributed by atoms with van der Waals surface area (Å²) in [4.78, 5) is 21.8. The summed E-state index contributed by atoms with van der Waals surface area (Å²) in [5, 5.41) is 23.9. The maximum absolute atomic E-state index is 11.2. The maximum atomic E-state index is 11.2. The van der Waals surface area contributed by atoms with Crippen molar-refractivity contribution in [3.8, 4) is 0 Å². The van der Waals surface area contributed by atoms with Gasteiger partial charge in [-0.05, 0) is 12.3 Å². The Labute approximate surface area is 115 Å². The van der Waals surface area contributed by atoms with Crippen molar-refractivity contribution in [3.63, 3.8) is 0 Å². The summed E-state index contributed by atoms with van der Waals surface area (Å²) in [6.07, 6.45) is 0.435. The Bertz CT molecular complexity index is 498. The monoisotopic (exact) mass is 287 g/mol. The van der Waals surface area contributed by atoms with Crippen LogP contribution in [-0.4, -0.2) is 31.0 Å². The largest absolute Gasteiger partial charge is 0.480 e. The van der Waals surface area contributed by atoms with Gasteiger partial charge in [0.25, 0.3) is 0 Å². The summed E-state index contributed by atoms with van der Waals surface area (Å²) >= 11 is 0.982. The molecule has 0 amide bonds. The van der Waals surface area contributed by atoms with Gasteiger partial charge in [-0.1, -0.05) is 32.5 Å². The van der Waals surface area contributed by atoms with Crippen LogP contribution in [0.4, 0.5) is 5.69 Å². The molecule has 1 aromatic heterocycles. The molecule has 7 nitrogen and oxygen atoms in total. The predicted octanol–water partition coefficient (Wildman–Crippen LogP) is 2.09. The van der Waals surface area contributed by atoms with Crippen molar-refractivity contribution >= 4 is 23.4 Å². The molecule has 1 aromatic rings. The summed E-state index contributed by atoms with van der Waals surface area (Å²) in [6, 6.07) is 0. The molecule has 0 aliphatic carbocycles. The normalized spacial score (nSPS) is 12.7. The molecule has 1 unspecified atom stereocenters. The van der Waals surface area contributed by atoms with Crippen molar-refractivity contribution in [2.45, 2.75) is 37.5 Å². The minimum atomic E-state index is -0.978. The molecule has 8 heteroatoms. The first kappa shape index (κ1) is 15.5. The van der Waals surface area contributed by atoms with Gasteiger partial charge in [0.1, 0.15) is 10.9 Å². The number of rotatable bonds is 6. The topological polar surface area (TPSA) is 98.3 Å². The molecule has 0 aliphatic heterocycles. The van der Waals surface area contributed by atoms with Crippen LogP contribution in [0.15, 0.2) is 5.03 Å². The lowest BCUT2D eigenvalue weighted by Gasteiger charge is -2.14. The lowest BCUT2D eigenvalue weighted by Crippen LogP contribution is -2.23. The van der Waals surface area contributed by atoms with E-state index in [1.165, 1.54) is 4.68 Å². The molecule has 0 fully saturated rings. The van der Waals surface area contributed by atoms with Crippen LogP contribution in [0.3, 0.4) is 0 Å². The van der Waals surface area contributed by atoms with Crippen molar-refractivity contribution < 1.29 is 14.8 Å². The molecule has 1 heterocycles. The third-order valence-corrected chi connectivity index (χ3v) is 4.33. The Morgan fingerprint density at radius 2 is 2.16 bits per heavy atom. The zero-order valence-corrected chi connectivity index (χ0v) is 12.1. The lowest BCUT2D eigenvalue weighted by atomic mass is 10.1. The molecule has 0 aromatic carbocycles. The minimum Gasteiger partial charge on any atom is -0.480 e. The van der Waals surface area contributed by atoms with Crippen molar-refractivity contribution in [2.24, 2.45) is 13.0 Å². The zero-order valence-electron chi connectivity index (χ0n) is 11.3. The van der Waals surface area contributed by atoms with E-state index in [1.54, 1.807) is 27.8 Å². The van der Waals surface area contributed by atoms with E-state index in [1.807, 2.05) is 0 Å². The van der Waals surface area contributed by atoms with Crippen LogP contribution in [0.1, 0.15) is 26.5 Å². The predicted molar refractivity (Wildman–Crippen MR) is 71.4 cm³/mol. The number of aliphatic carboxylic acids is 1. The highest BCUT2D eigenvalue weighted by atomic mass is 32.2. The molecule has 0 radical (unpaired) electrons. The Morgan fingerprint density at radius 3 is 2.53 bits per heavy atom. The Balaban J connectivity index is 3.23. The van der Waals surface area contributed by atoms with Crippen molar-refractivity contribution in [3.05, 3.63) is 15.8 Å². The molecule has 1 rings (SSSR count). The summed E-state index contributed by atoms with van der Waals surface area (Å²) in [6.45, 7) is 5.32. The third kappa shape index (κ3) is 3.25. The molecule has 1 N–H and O–H groups in total. The highest BCUT2D eigenvalue weighted by molar-refractivity contribution is 8.00. The number of nitro groups is 1. The molecule has 19 heavy (non-hydrogen) atoms. The molecule has 0 aliphatic rings. The van der Waals surface area contributed by atoms with Gasteiger partial charge < -0.3 is 5.11 Å². The van der Waals surface area contributed by atoms with Gasteiger partial charge in [-0.15, -0.1) is 0 Å². The molecule has 106 valence electrons.